The first-order chi connectivity index (χ1) is 8.81. The minimum atomic E-state index is 0.800. The third-order valence-electron chi connectivity index (χ3n) is 2.67. The Labute approximate surface area is 111 Å². The molecular formula is C13H18N4S. The summed E-state index contributed by atoms with van der Waals surface area (Å²) in [5.41, 5.74) is 2.35. The lowest BCUT2D eigenvalue weighted by molar-refractivity contribution is 0.957. The zero-order chi connectivity index (χ0) is 12.8. The molecule has 18 heavy (non-hydrogen) atoms. The number of nitrogens with one attached hydrogen (secondary N) is 2. The molecule has 0 aliphatic heterocycles. The highest BCUT2D eigenvalue weighted by Crippen LogP contribution is 2.19. The summed E-state index contributed by atoms with van der Waals surface area (Å²) in [7, 11) is 0. The number of thiophene rings is 1. The molecule has 0 fully saturated rings. The quantitative estimate of drug-likeness (QED) is 0.839. The van der Waals surface area contributed by atoms with Crippen LogP contribution < -0.4 is 10.6 Å². The average molecular weight is 262 g/mol. The lowest BCUT2D eigenvalue weighted by Crippen LogP contribution is -2.08. The second kappa shape index (κ2) is 6.35. The third kappa shape index (κ3) is 3.20. The highest BCUT2D eigenvalue weighted by molar-refractivity contribution is 7.07. The molecule has 0 atom stereocenters. The number of nitrogens with zero attached hydrogens (tertiary/aromatic N) is 2. The lowest BCUT2D eigenvalue weighted by atomic mass is 10.3. The van der Waals surface area contributed by atoms with Crippen molar-refractivity contribution in [2.75, 3.05) is 17.2 Å². The van der Waals surface area contributed by atoms with E-state index in [4.69, 9.17) is 0 Å². The number of rotatable bonds is 6. The molecule has 96 valence electrons. The Balaban J connectivity index is 2.03. The minimum Gasteiger partial charge on any atom is -0.370 e. The van der Waals surface area contributed by atoms with Crippen molar-refractivity contribution in [1.82, 2.24) is 9.97 Å². The predicted molar refractivity (Wildman–Crippen MR) is 77.2 cm³/mol. The summed E-state index contributed by atoms with van der Waals surface area (Å²) >= 11 is 1.71. The van der Waals surface area contributed by atoms with E-state index in [1.54, 1.807) is 17.7 Å². The van der Waals surface area contributed by atoms with Gasteiger partial charge in [0.05, 0.1) is 0 Å². The van der Waals surface area contributed by atoms with Gasteiger partial charge in [-0.25, -0.2) is 9.97 Å². The summed E-state index contributed by atoms with van der Waals surface area (Å²) in [5.74, 6) is 1.81. The molecule has 0 aromatic carbocycles. The van der Waals surface area contributed by atoms with Crippen LogP contribution in [0.15, 0.2) is 23.2 Å². The Morgan fingerprint density at radius 1 is 1.22 bits per heavy atom. The van der Waals surface area contributed by atoms with Crippen molar-refractivity contribution in [3.63, 3.8) is 0 Å². The van der Waals surface area contributed by atoms with E-state index in [0.29, 0.717) is 0 Å². The van der Waals surface area contributed by atoms with Gasteiger partial charge in [-0.05, 0) is 35.7 Å². The minimum absolute atomic E-state index is 0.800. The summed E-state index contributed by atoms with van der Waals surface area (Å²) in [6, 6.07) is 2.12. The summed E-state index contributed by atoms with van der Waals surface area (Å²) in [4.78, 5) is 8.55. The summed E-state index contributed by atoms with van der Waals surface area (Å²) in [6.07, 6.45) is 2.68. The van der Waals surface area contributed by atoms with Crippen LogP contribution in [0.4, 0.5) is 11.6 Å². The second-order valence-electron chi connectivity index (χ2n) is 4.11. The van der Waals surface area contributed by atoms with E-state index in [1.807, 2.05) is 6.92 Å². The standard InChI is InChI=1S/C13H18N4S/c1-3-5-14-12-10(2)13(17-9-16-12)15-7-11-4-6-18-8-11/h4,6,8-9H,3,5,7H2,1-2H3,(H2,14,15,16,17). The monoisotopic (exact) mass is 262 g/mol. The molecule has 2 rings (SSSR count). The molecule has 2 aromatic rings. The fraction of sp³-hybridized carbons (Fsp3) is 0.385. The normalized spacial score (nSPS) is 10.3. The first-order valence-corrected chi connectivity index (χ1v) is 7.06. The van der Waals surface area contributed by atoms with Gasteiger partial charge in [0, 0.05) is 18.7 Å². The maximum atomic E-state index is 4.29. The van der Waals surface area contributed by atoms with E-state index in [2.05, 4.69) is 44.4 Å². The van der Waals surface area contributed by atoms with Crippen LogP contribution in [0.1, 0.15) is 24.5 Å². The van der Waals surface area contributed by atoms with E-state index in [0.717, 1.165) is 36.7 Å². The molecule has 0 aliphatic carbocycles. The van der Waals surface area contributed by atoms with Crippen LogP contribution in [-0.4, -0.2) is 16.5 Å². The van der Waals surface area contributed by atoms with Crippen LogP contribution in [0.5, 0.6) is 0 Å². The lowest BCUT2D eigenvalue weighted by Gasteiger charge is -2.11. The van der Waals surface area contributed by atoms with Crippen molar-refractivity contribution in [3.8, 4) is 0 Å². The molecule has 2 N–H and O–H groups in total. The summed E-state index contributed by atoms with van der Waals surface area (Å²) in [6.45, 7) is 5.91. The van der Waals surface area contributed by atoms with E-state index >= 15 is 0 Å². The van der Waals surface area contributed by atoms with Gasteiger partial charge in [0.25, 0.3) is 0 Å². The topological polar surface area (TPSA) is 49.8 Å². The van der Waals surface area contributed by atoms with Gasteiger partial charge < -0.3 is 10.6 Å². The Kier molecular flexibility index (Phi) is 4.52. The van der Waals surface area contributed by atoms with Gasteiger partial charge in [-0.2, -0.15) is 11.3 Å². The average Bonchev–Trinajstić information content (AvgIpc) is 2.89. The van der Waals surface area contributed by atoms with Crippen LogP contribution in [0, 0.1) is 6.92 Å². The first kappa shape index (κ1) is 12.8. The largest absolute Gasteiger partial charge is 0.370 e. The second-order valence-corrected chi connectivity index (χ2v) is 4.89. The molecule has 0 radical (unpaired) electrons. The Bertz CT molecular complexity index is 482. The van der Waals surface area contributed by atoms with Crippen LogP contribution >= 0.6 is 11.3 Å². The van der Waals surface area contributed by atoms with Crippen molar-refractivity contribution >= 4 is 23.0 Å². The van der Waals surface area contributed by atoms with Gasteiger partial charge >= 0.3 is 0 Å². The third-order valence-corrected chi connectivity index (χ3v) is 3.40. The Morgan fingerprint density at radius 3 is 2.67 bits per heavy atom. The van der Waals surface area contributed by atoms with Gasteiger partial charge in [0.1, 0.15) is 18.0 Å². The van der Waals surface area contributed by atoms with Crippen LogP contribution in [0.2, 0.25) is 0 Å². The van der Waals surface area contributed by atoms with Crippen LogP contribution in [0.25, 0.3) is 0 Å². The van der Waals surface area contributed by atoms with Crippen molar-refractivity contribution in [2.45, 2.75) is 26.8 Å². The molecule has 4 nitrogen and oxygen atoms in total. The van der Waals surface area contributed by atoms with Crippen molar-refractivity contribution in [2.24, 2.45) is 0 Å². The molecule has 0 unspecified atom stereocenters. The highest BCUT2D eigenvalue weighted by Gasteiger charge is 2.06. The number of hydrogen-bond donors (Lipinski definition) is 2. The first-order valence-electron chi connectivity index (χ1n) is 6.11. The number of anilines is 2. The zero-order valence-corrected chi connectivity index (χ0v) is 11.5. The van der Waals surface area contributed by atoms with Gasteiger partial charge in [-0.1, -0.05) is 6.92 Å². The van der Waals surface area contributed by atoms with Gasteiger partial charge in [0.15, 0.2) is 0 Å². The zero-order valence-electron chi connectivity index (χ0n) is 10.7. The molecule has 0 amide bonds. The Morgan fingerprint density at radius 2 is 2.00 bits per heavy atom. The molecule has 0 aliphatic rings. The van der Waals surface area contributed by atoms with Crippen molar-refractivity contribution < 1.29 is 0 Å². The molecule has 0 saturated heterocycles. The van der Waals surface area contributed by atoms with Gasteiger partial charge in [-0.3, -0.25) is 0 Å². The number of aromatic nitrogens is 2. The molecule has 0 spiro atoms. The maximum absolute atomic E-state index is 4.29. The van der Waals surface area contributed by atoms with E-state index in [9.17, 15) is 0 Å². The highest BCUT2D eigenvalue weighted by atomic mass is 32.1. The molecular weight excluding hydrogens is 244 g/mol. The number of hydrogen-bond acceptors (Lipinski definition) is 5. The molecule has 2 heterocycles. The van der Waals surface area contributed by atoms with Gasteiger partial charge in [-0.15, -0.1) is 0 Å². The predicted octanol–water partition coefficient (Wildman–Crippen LogP) is 3.28. The molecule has 5 heteroatoms. The summed E-state index contributed by atoms with van der Waals surface area (Å²) in [5, 5.41) is 10.9. The fourth-order valence-corrected chi connectivity index (χ4v) is 2.30. The van der Waals surface area contributed by atoms with Gasteiger partial charge in [0.2, 0.25) is 0 Å². The van der Waals surface area contributed by atoms with Crippen molar-refractivity contribution in [1.29, 1.82) is 0 Å². The van der Waals surface area contributed by atoms with Crippen LogP contribution in [-0.2, 0) is 6.54 Å². The fourth-order valence-electron chi connectivity index (χ4n) is 1.63. The molecule has 0 saturated carbocycles. The molecule has 0 bridgehead atoms. The Hall–Kier alpha value is -1.62. The van der Waals surface area contributed by atoms with E-state index < -0.39 is 0 Å². The molecule has 2 aromatic heterocycles. The smallest absolute Gasteiger partial charge is 0.134 e. The van der Waals surface area contributed by atoms with Crippen molar-refractivity contribution in [3.05, 3.63) is 34.3 Å². The maximum Gasteiger partial charge on any atom is 0.134 e. The van der Waals surface area contributed by atoms with E-state index in [1.165, 1.54) is 5.56 Å². The SMILES string of the molecule is CCCNc1ncnc(NCc2ccsc2)c1C. The van der Waals surface area contributed by atoms with E-state index in [-0.39, 0.29) is 0 Å². The van der Waals surface area contributed by atoms with Crippen LogP contribution in [0.3, 0.4) is 0 Å². The summed E-state index contributed by atoms with van der Waals surface area (Å²) < 4.78 is 0.